The van der Waals surface area contributed by atoms with E-state index in [1.807, 2.05) is 19.1 Å². The Balaban J connectivity index is 2.50. The van der Waals surface area contributed by atoms with Gasteiger partial charge in [0, 0.05) is 18.1 Å². The molecule has 0 aliphatic heterocycles. The Hall–Kier alpha value is -1.53. The lowest BCUT2D eigenvalue weighted by atomic mass is 10.3. The molecule has 0 atom stereocenters. The van der Waals surface area contributed by atoms with Gasteiger partial charge in [0.25, 0.3) is 5.56 Å². The minimum Gasteiger partial charge on any atom is -0.330 e. The summed E-state index contributed by atoms with van der Waals surface area (Å²) in [6.45, 7) is 2.67. The van der Waals surface area contributed by atoms with Crippen LogP contribution in [0.15, 0.2) is 23.1 Å². The third-order valence-corrected chi connectivity index (χ3v) is 4.25. The zero-order valence-corrected chi connectivity index (χ0v) is 11.4. The van der Waals surface area contributed by atoms with E-state index in [9.17, 15) is 4.79 Å². The van der Waals surface area contributed by atoms with Gasteiger partial charge in [-0.3, -0.25) is 9.36 Å². The quantitative estimate of drug-likeness (QED) is 0.732. The van der Waals surface area contributed by atoms with Crippen LogP contribution < -0.4 is 5.56 Å². The normalized spacial score (nSPS) is 11.4. The number of hydrogen-bond donors (Lipinski definition) is 1. The van der Waals surface area contributed by atoms with E-state index >= 15 is 0 Å². The van der Waals surface area contributed by atoms with Crippen LogP contribution in [-0.2, 0) is 6.54 Å². The third kappa shape index (κ3) is 1.60. The van der Waals surface area contributed by atoms with Crippen LogP contribution in [0.3, 0.4) is 0 Å². The Morgan fingerprint density at radius 1 is 1.56 bits per heavy atom. The maximum atomic E-state index is 12.4. The highest BCUT2D eigenvalue weighted by molar-refractivity contribution is 7.71. The van der Waals surface area contributed by atoms with E-state index < -0.39 is 0 Å². The van der Waals surface area contributed by atoms with Crippen molar-refractivity contribution in [3.8, 4) is 0 Å². The van der Waals surface area contributed by atoms with Crippen LogP contribution in [0.1, 0.15) is 13.3 Å². The first-order valence-electron chi connectivity index (χ1n) is 5.72. The van der Waals surface area contributed by atoms with Crippen molar-refractivity contribution < 1.29 is 0 Å². The zero-order chi connectivity index (χ0) is 12.7. The van der Waals surface area contributed by atoms with Crippen molar-refractivity contribution in [3.63, 3.8) is 0 Å². The average molecular weight is 277 g/mol. The van der Waals surface area contributed by atoms with E-state index in [4.69, 9.17) is 12.2 Å². The topological polar surface area (TPSA) is 50.7 Å². The lowest BCUT2D eigenvalue weighted by Gasteiger charge is -2.03. The molecule has 3 rings (SSSR count). The lowest BCUT2D eigenvalue weighted by Crippen LogP contribution is -2.21. The Labute approximate surface area is 112 Å². The van der Waals surface area contributed by atoms with Crippen LogP contribution in [0.25, 0.3) is 20.4 Å². The van der Waals surface area contributed by atoms with Crippen LogP contribution in [0.4, 0.5) is 0 Å². The molecule has 0 aliphatic rings. The van der Waals surface area contributed by atoms with Crippen molar-refractivity contribution in [1.82, 2.24) is 14.5 Å². The lowest BCUT2D eigenvalue weighted by molar-refractivity contribution is 0.639. The molecular weight excluding hydrogens is 266 g/mol. The molecule has 0 aromatic carbocycles. The molecule has 0 spiro atoms. The van der Waals surface area contributed by atoms with Gasteiger partial charge in [-0.2, -0.15) is 0 Å². The summed E-state index contributed by atoms with van der Waals surface area (Å²) in [6.07, 6.45) is 2.61. The highest BCUT2D eigenvalue weighted by atomic mass is 32.1. The minimum absolute atomic E-state index is 0.0152. The van der Waals surface area contributed by atoms with Gasteiger partial charge >= 0.3 is 0 Å². The molecule has 92 valence electrons. The van der Waals surface area contributed by atoms with Gasteiger partial charge in [-0.25, -0.2) is 4.98 Å². The maximum Gasteiger partial charge on any atom is 0.272 e. The van der Waals surface area contributed by atoms with Gasteiger partial charge in [-0.05, 0) is 30.8 Å². The molecule has 0 bridgehead atoms. The number of pyridine rings is 1. The molecule has 3 aromatic rings. The molecule has 0 saturated heterocycles. The highest BCUT2D eigenvalue weighted by Gasteiger charge is 2.11. The summed E-state index contributed by atoms with van der Waals surface area (Å²) in [7, 11) is 0. The number of hydrogen-bond acceptors (Lipinski definition) is 4. The van der Waals surface area contributed by atoms with E-state index in [-0.39, 0.29) is 5.56 Å². The molecule has 0 saturated carbocycles. The molecular formula is C12H11N3OS2. The number of thiophene rings is 1. The Morgan fingerprint density at radius 2 is 2.39 bits per heavy atom. The van der Waals surface area contributed by atoms with Crippen LogP contribution in [0.2, 0.25) is 0 Å². The molecule has 4 nitrogen and oxygen atoms in total. The van der Waals surface area contributed by atoms with Crippen molar-refractivity contribution in [3.05, 3.63) is 33.5 Å². The van der Waals surface area contributed by atoms with Gasteiger partial charge in [-0.15, -0.1) is 11.3 Å². The number of nitrogens with one attached hydrogen (secondary N) is 1. The summed E-state index contributed by atoms with van der Waals surface area (Å²) in [6, 6.07) is 3.82. The van der Waals surface area contributed by atoms with E-state index in [0.29, 0.717) is 16.0 Å². The molecule has 0 amide bonds. The summed E-state index contributed by atoms with van der Waals surface area (Å²) < 4.78 is 2.80. The van der Waals surface area contributed by atoms with Crippen molar-refractivity contribution >= 4 is 44.0 Å². The second kappa shape index (κ2) is 4.29. The first-order chi connectivity index (χ1) is 8.72. The second-order valence-corrected chi connectivity index (χ2v) is 5.44. The standard InChI is InChI=1S/C12H11N3OS2/c1-2-6-15-11(16)9-8(14-12(15)17)7-4-3-5-13-10(7)18-9/h3-5H,2,6H2,1H3,(H,14,17). The van der Waals surface area contributed by atoms with Gasteiger partial charge in [-0.1, -0.05) is 6.92 Å². The molecule has 3 aromatic heterocycles. The third-order valence-electron chi connectivity index (χ3n) is 2.83. The van der Waals surface area contributed by atoms with E-state index in [2.05, 4.69) is 9.97 Å². The Kier molecular flexibility index (Phi) is 2.76. The van der Waals surface area contributed by atoms with Crippen LogP contribution >= 0.6 is 23.6 Å². The van der Waals surface area contributed by atoms with Gasteiger partial charge in [0.1, 0.15) is 9.53 Å². The molecule has 3 heterocycles. The van der Waals surface area contributed by atoms with Crippen LogP contribution in [0, 0.1) is 4.77 Å². The molecule has 0 fully saturated rings. The average Bonchev–Trinajstić information content (AvgIpc) is 2.74. The van der Waals surface area contributed by atoms with Crippen molar-refractivity contribution in [2.24, 2.45) is 0 Å². The SMILES string of the molecule is CCCn1c(=S)[nH]c2c(sc3ncccc32)c1=O. The number of rotatable bonds is 2. The summed E-state index contributed by atoms with van der Waals surface area (Å²) in [5, 5.41) is 0.962. The fourth-order valence-electron chi connectivity index (χ4n) is 2.02. The van der Waals surface area contributed by atoms with Gasteiger partial charge in [0.2, 0.25) is 0 Å². The van der Waals surface area contributed by atoms with E-state index in [0.717, 1.165) is 22.2 Å². The number of nitrogens with zero attached hydrogens (tertiary/aromatic N) is 2. The van der Waals surface area contributed by atoms with E-state index in [1.54, 1.807) is 10.8 Å². The molecule has 18 heavy (non-hydrogen) atoms. The molecule has 0 unspecified atom stereocenters. The number of aromatic amines is 1. The molecule has 0 radical (unpaired) electrons. The Morgan fingerprint density at radius 3 is 3.17 bits per heavy atom. The second-order valence-electron chi connectivity index (χ2n) is 4.05. The zero-order valence-electron chi connectivity index (χ0n) is 9.77. The van der Waals surface area contributed by atoms with Gasteiger partial charge < -0.3 is 4.98 Å². The van der Waals surface area contributed by atoms with Crippen molar-refractivity contribution in [2.75, 3.05) is 0 Å². The highest BCUT2D eigenvalue weighted by Crippen LogP contribution is 2.28. The first kappa shape index (κ1) is 11.6. The predicted octanol–water partition coefficient (Wildman–Crippen LogP) is 3.08. The van der Waals surface area contributed by atoms with Crippen molar-refractivity contribution in [2.45, 2.75) is 19.9 Å². The van der Waals surface area contributed by atoms with Gasteiger partial charge in [0.05, 0.1) is 5.52 Å². The van der Waals surface area contributed by atoms with E-state index in [1.165, 1.54) is 11.3 Å². The summed E-state index contributed by atoms with van der Waals surface area (Å²) in [5.41, 5.74) is 0.795. The Bertz CT molecular complexity index is 844. The molecule has 1 N–H and O–H groups in total. The predicted molar refractivity (Wildman–Crippen MR) is 76.9 cm³/mol. The van der Waals surface area contributed by atoms with Gasteiger partial charge in [0.15, 0.2) is 4.77 Å². The smallest absolute Gasteiger partial charge is 0.272 e. The number of H-pyrrole nitrogens is 1. The summed E-state index contributed by atoms with van der Waals surface area (Å²) in [5.74, 6) is 0. The fourth-order valence-corrected chi connectivity index (χ4v) is 3.35. The molecule has 6 heteroatoms. The van der Waals surface area contributed by atoms with Crippen molar-refractivity contribution in [1.29, 1.82) is 0 Å². The maximum absolute atomic E-state index is 12.4. The monoisotopic (exact) mass is 277 g/mol. The van der Waals surface area contributed by atoms with Crippen LogP contribution in [-0.4, -0.2) is 14.5 Å². The summed E-state index contributed by atoms with van der Waals surface area (Å²) >= 11 is 6.67. The fraction of sp³-hybridized carbons (Fsp3) is 0.250. The first-order valence-corrected chi connectivity index (χ1v) is 6.95. The van der Waals surface area contributed by atoms with Crippen LogP contribution in [0.5, 0.6) is 0 Å². The number of aromatic nitrogens is 3. The number of fused-ring (bicyclic) bond motifs is 3. The largest absolute Gasteiger partial charge is 0.330 e. The molecule has 0 aliphatic carbocycles. The summed E-state index contributed by atoms with van der Waals surface area (Å²) in [4.78, 5) is 20.7. The minimum atomic E-state index is -0.0152.